The van der Waals surface area contributed by atoms with Crippen LogP contribution in [0.25, 0.3) is 16.8 Å². The number of carbonyl (C=O) groups excluding carboxylic acids is 2. The summed E-state index contributed by atoms with van der Waals surface area (Å²) in [4.78, 5) is 33.1. The molecule has 4 aromatic rings. The predicted octanol–water partition coefficient (Wildman–Crippen LogP) is 6.10. The molecule has 4 heterocycles. The van der Waals surface area contributed by atoms with E-state index in [9.17, 15) is 9.59 Å². The van der Waals surface area contributed by atoms with E-state index in [0.29, 0.717) is 25.0 Å². The molecule has 6 nitrogen and oxygen atoms in total. The Kier molecular flexibility index (Phi) is 5.34. The molecular weight excluding hydrogens is 462 g/mol. The van der Waals surface area contributed by atoms with Gasteiger partial charge in [-0.25, -0.2) is 9.78 Å². The summed E-state index contributed by atoms with van der Waals surface area (Å²) in [6.45, 7) is 0.329. The molecule has 2 atom stereocenters. The molecule has 2 aromatic carbocycles. The molecule has 0 N–H and O–H groups in total. The lowest BCUT2D eigenvalue weighted by Crippen LogP contribution is -2.55. The van der Waals surface area contributed by atoms with Gasteiger partial charge in [0, 0.05) is 48.1 Å². The van der Waals surface area contributed by atoms with Crippen molar-refractivity contribution in [3.05, 3.63) is 95.9 Å². The Bertz CT molecular complexity index is 1450. The highest BCUT2D eigenvalue weighted by atomic mass is 16.6. The van der Waals surface area contributed by atoms with Crippen LogP contribution in [-0.2, 0) is 4.74 Å². The summed E-state index contributed by atoms with van der Waals surface area (Å²) in [6.07, 6.45) is 9.56. The zero-order valence-electron chi connectivity index (χ0n) is 20.6. The molecule has 0 spiro atoms. The van der Waals surface area contributed by atoms with Crippen molar-refractivity contribution >= 4 is 17.5 Å². The van der Waals surface area contributed by atoms with Gasteiger partial charge in [0.2, 0.25) is 0 Å². The van der Waals surface area contributed by atoms with Gasteiger partial charge in [-0.05, 0) is 66.5 Å². The maximum atomic E-state index is 13.5. The van der Waals surface area contributed by atoms with Crippen molar-refractivity contribution in [2.24, 2.45) is 5.92 Å². The third-order valence-electron chi connectivity index (χ3n) is 8.57. The number of Topliss-reactive ketones (excluding diaryl/α,β-unsaturated/α-hetero) is 1. The summed E-state index contributed by atoms with van der Waals surface area (Å²) in [5.41, 5.74) is 6.43. The number of hydrogen-bond donors (Lipinski definition) is 0. The SMILES string of the molecule is O=C(c1ccc2nccn2c1)C1CC2CCCC(C1)N2C(=O)OCC1c2ccccc2-c2ccccc21. The molecule has 2 aliphatic heterocycles. The first-order valence-corrected chi connectivity index (χ1v) is 13.3. The molecule has 2 bridgehead atoms. The van der Waals surface area contributed by atoms with Gasteiger partial charge < -0.3 is 14.0 Å². The second-order valence-corrected chi connectivity index (χ2v) is 10.6. The first-order chi connectivity index (χ1) is 18.2. The molecule has 2 fully saturated rings. The predicted molar refractivity (Wildman–Crippen MR) is 141 cm³/mol. The number of nitrogens with zero attached hydrogens (tertiary/aromatic N) is 3. The van der Waals surface area contributed by atoms with E-state index in [-0.39, 0.29) is 35.8 Å². The fourth-order valence-corrected chi connectivity index (χ4v) is 6.86. The Morgan fingerprint density at radius 3 is 2.27 bits per heavy atom. The zero-order chi connectivity index (χ0) is 24.9. The van der Waals surface area contributed by atoms with Crippen LogP contribution in [0, 0.1) is 5.92 Å². The van der Waals surface area contributed by atoms with Gasteiger partial charge in [0.25, 0.3) is 0 Å². The summed E-state index contributed by atoms with van der Waals surface area (Å²) in [6, 6.07) is 20.7. The van der Waals surface area contributed by atoms with Gasteiger partial charge in [-0.3, -0.25) is 4.79 Å². The Morgan fingerprint density at radius 1 is 0.892 bits per heavy atom. The number of aromatic nitrogens is 2. The molecular formula is C31H29N3O3. The molecule has 6 heteroatoms. The molecule has 3 aliphatic rings. The molecule has 1 amide bonds. The van der Waals surface area contributed by atoms with Crippen LogP contribution in [0.5, 0.6) is 0 Å². The zero-order valence-corrected chi connectivity index (χ0v) is 20.6. The minimum absolute atomic E-state index is 0.0494. The van der Waals surface area contributed by atoms with Crippen molar-refractivity contribution in [1.29, 1.82) is 0 Å². The third-order valence-corrected chi connectivity index (χ3v) is 8.57. The van der Waals surface area contributed by atoms with Crippen LogP contribution >= 0.6 is 0 Å². The van der Waals surface area contributed by atoms with E-state index in [1.165, 1.54) is 22.3 Å². The second-order valence-electron chi connectivity index (χ2n) is 10.6. The summed E-state index contributed by atoms with van der Waals surface area (Å²) in [5.74, 6) is 0.141. The Hall–Kier alpha value is -3.93. The number of benzene rings is 2. The highest BCUT2D eigenvalue weighted by Gasteiger charge is 2.44. The van der Waals surface area contributed by atoms with E-state index < -0.39 is 0 Å². The molecule has 1 aliphatic carbocycles. The van der Waals surface area contributed by atoms with Gasteiger partial charge in [0.05, 0.1) is 0 Å². The maximum Gasteiger partial charge on any atom is 0.410 e. The fraction of sp³-hybridized carbons (Fsp3) is 0.323. The molecule has 0 saturated carbocycles. The number of rotatable bonds is 4. The molecule has 0 radical (unpaired) electrons. The topological polar surface area (TPSA) is 63.9 Å². The van der Waals surface area contributed by atoms with Crippen LogP contribution in [0.2, 0.25) is 0 Å². The van der Waals surface area contributed by atoms with Gasteiger partial charge in [-0.2, -0.15) is 0 Å². The van der Waals surface area contributed by atoms with E-state index in [0.717, 1.165) is 24.9 Å². The summed E-state index contributed by atoms with van der Waals surface area (Å²) < 4.78 is 7.92. The number of imidazole rings is 1. The Balaban J connectivity index is 1.07. The van der Waals surface area contributed by atoms with Crippen molar-refractivity contribution in [2.75, 3.05) is 6.61 Å². The lowest BCUT2D eigenvalue weighted by molar-refractivity contribution is 0.00650. The van der Waals surface area contributed by atoms with Gasteiger partial charge in [-0.15, -0.1) is 0 Å². The van der Waals surface area contributed by atoms with Crippen LogP contribution < -0.4 is 0 Å². The van der Waals surface area contributed by atoms with E-state index in [1.807, 2.05) is 33.8 Å². The lowest BCUT2D eigenvalue weighted by Gasteiger charge is -2.47. The van der Waals surface area contributed by atoms with Crippen molar-refractivity contribution in [1.82, 2.24) is 14.3 Å². The number of piperidine rings is 2. The standard InChI is InChI=1S/C31H29N3O3/c35-30(20-12-13-29-32-14-15-33(29)18-20)21-16-22-6-5-7-23(17-21)34(22)31(36)37-19-28-26-10-3-1-8-24(26)25-9-2-4-11-27(25)28/h1-4,8-15,18,21-23,28H,5-7,16-17,19H2. The van der Waals surface area contributed by atoms with Crippen LogP contribution in [0.15, 0.2) is 79.3 Å². The maximum absolute atomic E-state index is 13.5. The molecule has 7 rings (SSSR count). The number of pyridine rings is 1. The average Bonchev–Trinajstić information content (AvgIpc) is 3.53. The van der Waals surface area contributed by atoms with Crippen molar-refractivity contribution in [2.45, 2.75) is 50.1 Å². The minimum atomic E-state index is -0.234. The van der Waals surface area contributed by atoms with Gasteiger partial charge in [0.15, 0.2) is 5.78 Å². The quantitative estimate of drug-likeness (QED) is 0.324. The highest BCUT2D eigenvalue weighted by Crippen LogP contribution is 2.45. The van der Waals surface area contributed by atoms with Crippen molar-refractivity contribution < 1.29 is 14.3 Å². The molecule has 37 heavy (non-hydrogen) atoms. The van der Waals surface area contributed by atoms with E-state index in [4.69, 9.17) is 4.74 Å². The largest absolute Gasteiger partial charge is 0.448 e. The van der Waals surface area contributed by atoms with Crippen LogP contribution in [0.1, 0.15) is 59.5 Å². The number of hydrogen-bond acceptors (Lipinski definition) is 4. The van der Waals surface area contributed by atoms with Crippen molar-refractivity contribution in [3.63, 3.8) is 0 Å². The number of amides is 1. The Labute approximate surface area is 215 Å². The van der Waals surface area contributed by atoms with Crippen molar-refractivity contribution in [3.8, 4) is 11.1 Å². The number of fused-ring (bicyclic) bond motifs is 6. The summed E-state index contributed by atoms with van der Waals surface area (Å²) >= 11 is 0. The summed E-state index contributed by atoms with van der Waals surface area (Å²) in [5, 5.41) is 0. The first-order valence-electron chi connectivity index (χ1n) is 13.3. The number of ketones is 1. The smallest absolute Gasteiger partial charge is 0.410 e. The van der Waals surface area contributed by atoms with E-state index in [2.05, 4.69) is 53.5 Å². The highest BCUT2D eigenvalue weighted by molar-refractivity contribution is 5.98. The van der Waals surface area contributed by atoms with Crippen LogP contribution in [0.3, 0.4) is 0 Å². The lowest BCUT2D eigenvalue weighted by atomic mass is 9.76. The van der Waals surface area contributed by atoms with E-state index >= 15 is 0 Å². The summed E-state index contributed by atoms with van der Waals surface area (Å²) in [7, 11) is 0. The fourth-order valence-electron chi connectivity index (χ4n) is 6.86. The molecule has 2 saturated heterocycles. The van der Waals surface area contributed by atoms with Crippen LogP contribution in [-0.4, -0.2) is 44.9 Å². The number of ether oxygens (including phenoxy) is 1. The van der Waals surface area contributed by atoms with Gasteiger partial charge in [-0.1, -0.05) is 48.5 Å². The molecule has 2 aromatic heterocycles. The minimum Gasteiger partial charge on any atom is -0.448 e. The first kappa shape index (κ1) is 22.3. The monoisotopic (exact) mass is 491 g/mol. The second kappa shape index (κ2) is 8.87. The van der Waals surface area contributed by atoms with Gasteiger partial charge in [0.1, 0.15) is 12.3 Å². The van der Waals surface area contributed by atoms with Gasteiger partial charge >= 0.3 is 6.09 Å². The molecule has 2 unspecified atom stereocenters. The number of carbonyl (C=O) groups is 2. The Morgan fingerprint density at radius 2 is 1.57 bits per heavy atom. The third kappa shape index (κ3) is 3.74. The van der Waals surface area contributed by atoms with E-state index in [1.54, 1.807) is 6.20 Å². The normalized spacial score (nSPS) is 22.5. The molecule has 186 valence electrons. The average molecular weight is 492 g/mol. The van der Waals surface area contributed by atoms with Crippen LogP contribution in [0.4, 0.5) is 4.79 Å².